The molecule has 116 valence electrons. The number of benzene rings is 1. The molecule has 0 radical (unpaired) electrons. The number of cyclic esters (lactones) is 1. The van der Waals surface area contributed by atoms with Crippen molar-refractivity contribution in [3.05, 3.63) is 63.7 Å². The minimum atomic E-state index is -0.377. The smallest absolute Gasteiger partial charge is 0.337 e. The van der Waals surface area contributed by atoms with Gasteiger partial charge in [0.05, 0.1) is 11.3 Å². The zero-order chi connectivity index (χ0) is 16.0. The number of thiophene rings is 1. The number of amides is 1. The lowest BCUT2D eigenvalue weighted by atomic mass is 9.88. The topological polar surface area (TPSA) is 46.6 Å². The van der Waals surface area contributed by atoms with Crippen molar-refractivity contribution in [1.29, 1.82) is 0 Å². The van der Waals surface area contributed by atoms with Gasteiger partial charge in [0.1, 0.15) is 12.4 Å². The van der Waals surface area contributed by atoms with Crippen molar-refractivity contribution in [3.63, 3.8) is 0 Å². The highest BCUT2D eigenvalue weighted by molar-refractivity contribution is 7.10. The molecule has 0 saturated heterocycles. The van der Waals surface area contributed by atoms with E-state index in [0.29, 0.717) is 17.0 Å². The number of rotatable bonds is 2. The summed E-state index contributed by atoms with van der Waals surface area (Å²) >= 11 is 1.52. The van der Waals surface area contributed by atoms with Crippen LogP contribution in [0.2, 0.25) is 0 Å². The lowest BCUT2D eigenvalue weighted by molar-refractivity contribution is -0.136. The number of esters is 1. The predicted molar refractivity (Wildman–Crippen MR) is 83.5 cm³/mol. The van der Waals surface area contributed by atoms with Crippen LogP contribution in [-0.4, -0.2) is 18.5 Å². The van der Waals surface area contributed by atoms with Crippen LogP contribution in [0.5, 0.6) is 0 Å². The molecule has 0 bridgehead atoms. The molecule has 2 aliphatic rings. The fraction of sp³-hybridized carbons (Fsp3) is 0.176. The molecule has 6 heteroatoms. The van der Waals surface area contributed by atoms with Crippen molar-refractivity contribution in [2.75, 3.05) is 11.5 Å². The molecule has 4 nitrogen and oxygen atoms in total. The highest BCUT2D eigenvalue weighted by Gasteiger charge is 2.43. The van der Waals surface area contributed by atoms with Gasteiger partial charge in [0.15, 0.2) is 0 Å². The summed E-state index contributed by atoms with van der Waals surface area (Å²) in [5, 5.41) is 1.92. The van der Waals surface area contributed by atoms with Crippen LogP contribution in [-0.2, 0) is 14.3 Å². The first-order valence-corrected chi connectivity index (χ1v) is 8.05. The Morgan fingerprint density at radius 3 is 2.65 bits per heavy atom. The summed E-state index contributed by atoms with van der Waals surface area (Å²) in [6, 6.07) is 9.49. The van der Waals surface area contributed by atoms with Gasteiger partial charge in [-0.2, -0.15) is 0 Å². The van der Waals surface area contributed by atoms with Crippen LogP contribution in [0, 0.1) is 5.82 Å². The van der Waals surface area contributed by atoms with Gasteiger partial charge < -0.3 is 4.74 Å². The van der Waals surface area contributed by atoms with E-state index in [0.717, 1.165) is 4.88 Å². The number of nitrogens with zero attached hydrogens (tertiary/aromatic N) is 1. The molecule has 23 heavy (non-hydrogen) atoms. The maximum Gasteiger partial charge on any atom is 0.337 e. The molecule has 1 aromatic heterocycles. The molecule has 1 amide bonds. The second-order valence-electron chi connectivity index (χ2n) is 5.41. The van der Waals surface area contributed by atoms with Crippen molar-refractivity contribution in [3.8, 4) is 0 Å². The second-order valence-corrected chi connectivity index (χ2v) is 6.39. The van der Waals surface area contributed by atoms with Crippen LogP contribution in [0.15, 0.2) is 53.0 Å². The minimum absolute atomic E-state index is 0.0686. The van der Waals surface area contributed by atoms with Gasteiger partial charge in [-0.1, -0.05) is 6.07 Å². The van der Waals surface area contributed by atoms with E-state index in [1.54, 1.807) is 0 Å². The Bertz CT molecular complexity index is 811. The van der Waals surface area contributed by atoms with Gasteiger partial charge in [0.2, 0.25) is 5.91 Å². The maximum atomic E-state index is 13.1. The quantitative estimate of drug-likeness (QED) is 0.795. The first-order valence-electron chi connectivity index (χ1n) is 7.17. The highest BCUT2D eigenvalue weighted by atomic mass is 32.1. The Morgan fingerprint density at radius 2 is 1.96 bits per heavy atom. The van der Waals surface area contributed by atoms with Crippen molar-refractivity contribution >= 4 is 28.9 Å². The monoisotopic (exact) mass is 329 g/mol. The number of hydrogen-bond acceptors (Lipinski definition) is 4. The van der Waals surface area contributed by atoms with Crippen molar-refractivity contribution < 1.29 is 18.7 Å². The third kappa shape index (κ3) is 2.26. The summed E-state index contributed by atoms with van der Waals surface area (Å²) in [6.07, 6.45) is 0.200. The van der Waals surface area contributed by atoms with Gasteiger partial charge in [-0.25, -0.2) is 9.18 Å². The van der Waals surface area contributed by atoms with Crippen LogP contribution < -0.4 is 4.90 Å². The fourth-order valence-electron chi connectivity index (χ4n) is 3.08. The first kappa shape index (κ1) is 14.1. The molecule has 1 unspecified atom stereocenters. The maximum absolute atomic E-state index is 13.1. The molecular weight excluding hydrogens is 317 g/mol. The SMILES string of the molecule is O=C1OCC2=C1C(c1cccs1)CC(=O)N2c1ccc(F)cc1. The highest BCUT2D eigenvalue weighted by Crippen LogP contribution is 2.42. The number of anilines is 1. The normalized spacial score (nSPS) is 20.7. The Balaban J connectivity index is 1.83. The molecule has 1 atom stereocenters. The molecule has 2 aromatic rings. The van der Waals surface area contributed by atoms with Gasteiger partial charge in [-0.15, -0.1) is 11.3 Å². The Hall–Kier alpha value is -2.47. The zero-order valence-corrected chi connectivity index (χ0v) is 12.8. The molecule has 0 N–H and O–H groups in total. The molecule has 4 rings (SSSR count). The van der Waals surface area contributed by atoms with E-state index in [4.69, 9.17) is 4.74 Å². The van der Waals surface area contributed by atoms with Gasteiger partial charge in [0.25, 0.3) is 0 Å². The number of halogens is 1. The number of ether oxygens (including phenoxy) is 1. The van der Waals surface area contributed by atoms with Crippen LogP contribution in [0.3, 0.4) is 0 Å². The van der Waals surface area contributed by atoms with Crippen LogP contribution in [0.25, 0.3) is 0 Å². The Morgan fingerprint density at radius 1 is 1.17 bits per heavy atom. The molecule has 0 fully saturated rings. The molecule has 2 aliphatic heterocycles. The number of carbonyl (C=O) groups is 2. The van der Waals surface area contributed by atoms with E-state index >= 15 is 0 Å². The van der Waals surface area contributed by atoms with E-state index < -0.39 is 0 Å². The molecule has 0 saturated carbocycles. The largest absolute Gasteiger partial charge is 0.456 e. The van der Waals surface area contributed by atoms with E-state index in [-0.39, 0.29) is 36.6 Å². The van der Waals surface area contributed by atoms with Crippen molar-refractivity contribution in [2.24, 2.45) is 0 Å². The molecule has 1 aromatic carbocycles. The summed E-state index contributed by atoms with van der Waals surface area (Å²) in [5.41, 5.74) is 1.65. The van der Waals surface area contributed by atoms with Gasteiger partial charge in [-0.3, -0.25) is 9.69 Å². The van der Waals surface area contributed by atoms with Crippen LogP contribution in [0.1, 0.15) is 17.2 Å². The summed E-state index contributed by atoms with van der Waals surface area (Å²) in [6.45, 7) is 0.0686. The number of carbonyl (C=O) groups excluding carboxylic acids is 2. The lowest BCUT2D eigenvalue weighted by Crippen LogP contribution is -2.37. The average Bonchev–Trinajstić information content (AvgIpc) is 3.19. The van der Waals surface area contributed by atoms with E-state index in [2.05, 4.69) is 0 Å². The third-order valence-corrected chi connectivity index (χ3v) is 5.07. The summed E-state index contributed by atoms with van der Waals surface area (Å²) in [4.78, 5) is 27.3. The summed E-state index contributed by atoms with van der Waals surface area (Å²) in [7, 11) is 0. The van der Waals surface area contributed by atoms with Crippen molar-refractivity contribution in [2.45, 2.75) is 12.3 Å². The van der Waals surface area contributed by atoms with Gasteiger partial charge >= 0.3 is 5.97 Å². The second kappa shape index (κ2) is 5.31. The van der Waals surface area contributed by atoms with Crippen LogP contribution >= 0.6 is 11.3 Å². The molecular formula is C17H12FNO3S. The van der Waals surface area contributed by atoms with Crippen molar-refractivity contribution in [1.82, 2.24) is 0 Å². The number of hydrogen-bond donors (Lipinski definition) is 0. The van der Waals surface area contributed by atoms with Gasteiger partial charge in [0, 0.05) is 22.9 Å². The minimum Gasteiger partial charge on any atom is -0.456 e. The molecule has 0 spiro atoms. The lowest BCUT2D eigenvalue weighted by Gasteiger charge is -2.31. The third-order valence-electron chi connectivity index (χ3n) is 4.09. The molecule has 3 heterocycles. The standard InChI is InChI=1S/C17H12FNO3S/c18-10-3-5-11(6-4-10)19-13-9-22-17(21)16(13)12(8-15(19)20)14-2-1-7-23-14/h1-7,12H,8-9H2. The van der Waals surface area contributed by atoms with Gasteiger partial charge in [-0.05, 0) is 35.7 Å². The average molecular weight is 329 g/mol. The zero-order valence-electron chi connectivity index (χ0n) is 12.0. The Kier molecular flexibility index (Phi) is 3.27. The van der Waals surface area contributed by atoms with Crippen LogP contribution in [0.4, 0.5) is 10.1 Å². The summed E-state index contributed by atoms with van der Waals surface area (Å²) in [5.74, 6) is -1.13. The Labute approximate surface area is 135 Å². The first-order chi connectivity index (χ1) is 11.1. The summed E-state index contributed by atoms with van der Waals surface area (Å²) < 4.78 is 18.3. The van der Waals surface area contributed by atoms with E-state index in [1.807, 2.05) is 17.5 Å². The molecule has 0 aliphatic carbocycles. The van der Waals surface area contributed by atoms with E-state index in [9.17, 15) is 14.0 Å². The van der Waals surface area contributed by atoms with E-state index in [1.165, 1.54) is 40.5 Å². The fourth-order valence-corrected chi connectivity index (χ4v) is 3.91. The predicted octanol–water partition coefficient (Wildman–Crippen LogP) is 3.22.